The SMILES string of the molecule is CCC(C)CN(C)CCCc1cccc(N)c1. The van der Waals surface area contributed by atoms with Crippen LogP contribution in [-0.2, 0) is 6.42 Å². The third-order valence-electron chi connectivity index (χ3n) is 3.28. The predicted molar refractivity (Wildman–Crippen MR) is 76.1 cm³/mol. The maximum Gasteiger partial charge on any atom is 0.0316 e. The molecule has 1 unspecified atom stereocenters. The molecule has 1 aromatic rings. The number of hydrogen-bond donors (Lipinski definition) is 1. The molecule has 0 aliphatic carbocycles. The Hall–Kier alpha value is -1.02. The number of benzene rings is 1. The number of nitrogens with zero attached hydrogens (tertiary/aromatic N) is 1. The van der Waals surface area contributed by atoms with E-state index in [9.17, 15) is 0 Å². The molecule has 0 spiro atoms. The van der Waals surface area contributed by atoms with Crippen LogP contribution in [0.3, 0.4) is 0 Å². The monoisotopic (exact) mass is 234 g/mol. The fourth-order valence-corrected chi connectivity index (χ4v) is 2.05. The Bertz CT molecular complexity index is 322. The predicted octanol–water partition coefficient (Wildman–Crippen LogP) is 3.18. The molecule has 0 aliphatic heterocycles. The summed E-state index contributed by atoms with van der Waals surface area (Å²) in [6, 6.07) is 8.21. The molecule has 1 rings (SSSR count). The molecule has 2 heteroatoms. The Morgan fingerprint density at radius 3 is 2.76 bits per heavy atom. The molecule has 1 atom stereocenters. The van der Waals surface area contributed by atoms with E-state index >= 15 is 0 Å². The van der Waals surface area contributed by atoms with Crippen LogP contribution in [0.4, 0.5) is 5.69 Å². The third kappa shape index (κ3) is 5.73. The molecule has 0 fully saturated rings. The van der Waals surface area contributed by atoms with Crippen LogP contribution >= 0.6 is 0 Å². The van der Waals surface area contributed by atoms with Crippen LogP contribution in [-0.4, -0.2) is 25.0 Å². The summed E-state index contributed by atoms with van der Waals surface area (Å²) in [7, 11) is 2.21. The average molecular weight is 234 g/mol. The minimum Gasteiger partial charge on any atom is -0.399 e. The van der Waals surface area contributed by atoms with Gasteiger partial charge in [0.15, 0.2) is 0 Å². The van der Waals surface area contributed by atoms with Gasteiger partial charge in [0.25, 0.3) is 0 Å². The lowest BCUT2D eigenvalue weighted by Gasteiger charge is -2.20. The lowest BCUT2D eigenvalue weighted by atomic mass is 10.1. The Morgan fingerprint density at radius 2 is 2.12 bits per heavy atom. The Labute approximate surface area is 106 Å². The van der Waals surface area contributed by atoms with Crippen LogP contribution in [0.5, 0.6) is 0 Å². The molecule has 0 heterocycles. The highest BCUT2D eigenvalue weighted by Gasteiger charge is 2.04. The number of nitrogens with two attached hydrogens (primary N) is 1. The first-order valence-corrected chi connectivity index (χ1v) is 6.64. The van der Waals surface area contributed by atoms with Gasteiger partial charge in [0.2, 0.25) is 0 Å². The number of hydrogen-bond acceptors (Lipinski definition) is 2. The first-order chi connectivity index (χ1) is 8.11. The van der Waals surface area contributed by atoms with E-state index in [2.05, 4.69) is 37.9 Å². The lowest BCUT2D eigenvalue weighted by Crippen LogP contribution is -2.25. The zero-order chi connectivity index (χ0) is 12.7. The van der Waals surface area contributed by atoms with Crippen molar-refractivity contribution in [2.75, 3.05) is 25.9 Å². The smallest absolute Gasteiger partial charge is 0.0316 e. The molecule has 0 amide bonds. The van der Waals surface area contributed by atoms with Gasteiger partial charge in [-0.1, -0.05) is 32.4 Å². The van der Waals surface area contributed by atoms with E-state index in [1.807, 2.05) is 12.1 Å². The van der Waals surface area contributed by atoms with Crippen molar-refractivity contribution in [3.8, 4) is 0 Å². The van der Waals surface area contributed by atoms with Crippen LogP contribution < -0.4 is 5.73 Å². The van der Waals surface area contributed by atoms with Gasteiger partial charge < -0.3 is 10.6 Å². The van der Waals surface area contributed by atoms with Gasteiger partial charge >= 0.3 is 0 Å². The maximum absolute atomic E-state index is 5.76. The van der Waals surface area contributed by atoms with Gasteiger partial charge in [0.05, 0.1) is 0 Å². The highest BCUT2D eigenvalue weighted by Crippen LogP contribution is 2.09. The van der Waals surface area contributed by atoms with E-state index in [4.69, 9.17) is 5.73 Å². The molecular formula is C15H26N2. The molecule has 0 radical (unpaired) electrons. The van der Waals surface area contributed by atoms with Gasteiger partial charge in [-0.25, -0.2) is 0 Å². The summed E-state index contributed by atoms with van der Waals surface area (Å²) in [5.41, 5.74) is 7.98. The van der Waals surface area contributed by atoms with Gasteiger partial charge in [-0.05, 0) is 50.0 Å². The largest absolute Gasteiger partial charge is 0.399 e. The molecule has 1 aromatic carbocycles. The number of rotatable bonds is 7. The second-order valence-electron chi connectivity index (χ2n) is 5.12. The summed E-state index contributed by atoms with van der Waals surface area (Å²) >= 11 is 0. The van der Waals surface area contributed by atoms with Gasteiger partial charge in [0, 0.05) is 12.2 Å². The van der Waals surface area contributed by atoms with Crippen molar-refractivity contribution in [1.29, 1.82) is 0 Å². The summed E-state index contributed by atoms with van der Waals surface area (Å²) in [5.74, 6) is 0.798. The van der Waals surface area contributed by atoms with Crippen molar-refractivity contribution >= 4 is 5.69 Å². The molecule has 17 heavy (non-hydrogen) atoms. The first kappa shape index (κ1) is 14.0. The van der Waals surface area contributed by atoms with Gasteiger partial charge in [-0.15, -0.1) is 0 Å². The number of anilines is 1. The van der Waals surface area contributed by atoms with E-state index in [1.54, 1.807) is 0 Å². The van der Waals surface area contributed by atoms with E-state index in [1.165, 1.54) is 31.5 Å². The fourth-order valence-electron chi connectivity index (χ4n) is 2.05. The number of aryl methyl sites for hydroxylation is 1. The van der Waals surface area contributed by atoms with E-state index in [0.29, 0.717) is 0 Å². The topological polar surface area (TPSA) is 29.3 Å². The average Bonchev–Trinajstić information content (AvgIpc) is 2.29. The first-order valence-electron chi connectivity index (χ1n) is 6.64. The zero-order valence-corrected chi connectivity index (χ0v) is 11.4. The van der Waals surface area contributed by atoms with Crippen molar-refractivity contribution < 1.29 is 0 Å². The van der Waals surface area contributed by atoms with Crippen molar-refractivity contribution in [3.05, 3.63) is 29.8 Å². The summed E-state index contributed by atoms with van der Waals surface area (Å²) in [6.45, 7) is 6.94. The maximum atomic E-state index is 5.76. The standard InChI is InChI=1S/C15H26N2/c1-4-13(2)12-17(3)10-6-8-14-7-5-9-15(16)11-14/h5,7,9,11,13H,4,6,8,10,12,16H2,1-3H3. The summed E-state index contributed by atoms with van der Waals surface area (Å²) < 4.78 is 0. The van der Waals surface area contributed by atoms with E-state index < -0.39 is 0 Å². The van der Waals surface area contributed by atoms with E-state index in [0.717, 1.165) is 18.0 Å². The molecular weight excluding hydrogens is 208 g/mol. The van der Waals surface area contributed by atoms with Crippen LogP contribution in [0.1, 0.15) is 32.3 Å². The van der Waals surface area contributed by atoms with Crippen LogP contribution in [0.25, 0.3) is 0 Å². The number of nitrogen functional groups attached to an aromatic ring is 1. The van der Waals surface area contributed by atoms with Gasteiger partial charge in [-0.2, -0.15) is 0 Å². The Balaban J connectivity index is 2.23. The molecule has 0 saturated carbocycles. The summed E-state index contributed by atoms with van der Waals surface area (Å²) in [5, 5.41) is 0. The van der Waals surface area contributed by atoms with Crippen molar-refractivity contribution in [3.63, 3.8) is 0 Å². The van der Waals surface area contributed by atoms with Gasteiger partial charge in [-0.3, -0.25) is 0 Å². The second kappa shape index (κ2) is 7.33. The van der Waals surface area contributed by atoms with Crippen molar-refractivity contribution in [2.45, 2.75) is 33.1 Å². The molecule has 96 valence electrons. The third-order valence-corrected chi connectivity index (χ3v) is 3.28. The Kier molecular flexibility index (Phi) is 6.06. The molecule has 0 aromatic heterocycles. The molecule has 2 N–H and O–H groups in total. The minimum atomic E-state index is 0.798. The minimum absolute atomic E-state index is 0.798. The van der Waals surface area contributed by atoms with Crippen molar-refractivity contribution in [2.24, 2.45) is 5.92 Å². The second-order valence-corrected chi connectivity index (χ2v) is 5.12. The molecule has 0 bridgehead atoms. The van der Waals surface area contributed by atoms with Crippen molar-refractivity contribution in [1.82, 2.24) is 4.90 Å². The van der Waals surface area contributed by atoms with Gasteiger partial charge in [0.1, 0.15) is 0 Å². The zero-order valence-electron chi connectivity index (χ0n) is 11.4. The highest BCUT2D eigenvalue weighted by molar-refractivity contribution is 5.40. The normalized spacial score (nSPS) is 12.9. The summed E-state index contributed by atoms with van der Waals surface area (Å²) in [6.07, 6.45) is 3.59. The quantitative estimate of drug-likeness (QED) is 0.734. The fraction of sp³-hybridized carbons (Fsp3) is 0.600. The molecule has 2 nitrogen and oxygen atoms in total. The molecule has 0 saturated heterocycles. The lowest BCUT2D eigenvalue weighted by molar-refractivity contribution is 0.279. The molecule has 0 aliphatic rings. The van der Waals surface area contributed by atoms with Crippen LogP contribution in [0.15, 0.2) is 24.3 Å². The van der Waals surface area contributed by atoms with Crippen LogP contribution in [0, 0.1) is 5.92 Å². The highest BCUT2D eigenvalue weighted by atomic mass is 15.1. The Morgan fingerprint density at radius 1 is 1.35 bits per heavy atom. The van der Waals surface area contributed by atoms with Crippen LogP contribution in [0.2, 0.25) is 0 Å². The summed E-state index contributed by atoms with van der Waals surface area (Å²) in [4.78, 5) is 2.43. The van der Waals surface area contributed by atoms with E-state index in [-0.39, 0.29) is 0 Å².